The summed E-state index contributed by atoms with van der Waals surface area (Å²) < 4.78 is 16.2. The minimum absolute atomic E-state index is 0.481. The number of nitrogens with zero attached hydrogens (tertiary/aromatic N) is 3. The summed E-state index contributed by atoms with van der Waals surface area (Å²) in [5.41, 5.74) is 1.82. The Morgan fingerprint density at radius 2 is 2.35 bits per heavy atom. The summed E-state index contributed by atoms with van der Waals surface area (Å²) in [7, 11) is 2.01. The average Bonchev–Trinajstić information content (AvgIpc) is 2.74. The smallest absolute Gasteiger partial charge is 0.254 e. The van der Waals surface area contributed by atoms with Crippen molar-refractivity contribution in [2.45, 2.75) is 13.8 Å². The second kappa shape index (κ2) is 5.27. The van der Waals surface area contributed by atoms with Crippen molar-refractivity contribution in [3.8, 4) is 5.88 Å². The van der Waals surface area contributed by atoms with Crippen molar-refractivity contribution in [3.05, 3.63) is 11.9 Å². The monoisotopic (exact) mass is 253 g/mol. The molecule has 0 atom stereocenters. The fourth-order valence-electron chi connectivity index (χ4n) is 1.45. The number of hydrogen-bond acceptors (Lipinski definition) is 5. The zero-order chi connectivity index (χ0) is 12.3. The second-order valence-corrected chi connectivity index (χ2v) is 5.00. The molecule has 1 aliphatic heterocycles. The minimum atomic E-state index is 0.481. The zero-order valence-electron chi connectivity index (χ0n) is 10.3. The minimum Gasteiger partial charge on any atom is -0.475 e. The second-order valence-electron chi connectivity index (χ2n) is 4.47. The lowest BCUT2D eigenvalue weighted by Gasteiger charge is -2.09. The van der Waals surface area contributed by atoms with Crippen molar-refractivity contribution in [1.82, 2.24) is 14.1 Å². The van der Waals surface area contributed by atoms with Crippen LogP contribution in [-0.4, -0.2) is 39.9 Å². The van der Waals surface area contributed by atoms with E-state index in [0.29, 0.717) is 18.4 Å². The van der Waals surface area contributed by atoms with Crippen LogP contribution in [0.4, 0.5) is 0 Å². The van der Waals surface area contributed by atoms with Crippen molar-refractivity contribution < 1.29 is 9.31 Å². The Hall–Kier alpha value is -1.43. The number of nitrogens with one attached hydrogen (secondary N) is 1. The van der Waals surface area contributed by atoms with E-state index < -0.39 is 0 Å². The van der Waals surface area contributed by atoms with Gasteiger partial charge in [-0.1, -0.05) is 13.8 Å². The lowest BCUT2D eigenvalue weighted by atomic mass is 10.2. The van der Waals surface area contributed by atoms with Gasteiger partial charge in [0.05, 0.1) is 23.9 Å². The van der Waals surface area contributed by atoms with E-state index in [2.05, 4.69) is 32.5 Å². The molecule has 0 amide bonds. The lowest BCUT2D eigenvalue weighted by Crippen LogP contribution is -2.25. The molecule has 1 N–H and O–H groups in total. The van der Waals surface area contributed by atoms with Gasteiger partial charge >= 0.3 is 0 Å². The highest BCUT2D eigenvalue weighted by molar-refractivity contribution is 6.99. The molecule has 1 aromatic rings. The Balaban J connectivity index is 2.16. The molecule has 0 spiro atoms. The molecule has 6 heteroatoms. The molecule has 1 aliphatic rings. The van der Waals surface area contributed by atoms with Gasteiger partial charge in [-0.3, -0.25) is 0 Å². The van der Waals surface area contributed by atoms with Crippen LogP contribution in [0.2, 0.25) is 0 Å². The Morgan fingerprint density at radius 1 is 1.53 bits per heavy atom. The number of rotatable bonds is 4. The fraction of sp³-hybridized carbons (Fsp3) is 0.545. The van der Waals surface area contributed by atoms with E-state index in [1.165, 1.54) is 11.7 Å². The molecule has 17 heavy (non-hydrogen) atoms. The van der Waals surface area contributed by atoms with E-state index in [1.807, 2.05) is 19.5 Å². The quantitative estimate of drug-likeness (QED) is 0.819. The lowest BCUT2D eigenvalue weighted by molar-refractivity contribution is -0.496. The molecule has 0 saturated heterocycles. The van der Waals surface area contributed by atoms with Crippen LogP contribution in [0.5, 0.6) is 5.88 Å². The maximum absolute atomic E-state index is 5.66. The summed E-state index contributed by atoms with van der Waals surface area (Å²) in [6, 6.07) is 0. The first kappa shape index (κ1) is 12.0. The molecule has 0 saturated carbocycles. The van der Waals surface area contributed by atoms with Crippen LogP contribution in [-0.2, 0) is 0 Å². The molecule has 0 bridgehead atoms. The van der Waals surface area contributed by atoms with Crippen molar-refractivity contribution in [1.29, 1.82) is 0 Å². The van der Waals surface area contributed by atoms with Crippen molar-refractivity contribution in [2.24, 2.45) is 5.92 Å². The van der Waals surface area contributed by atoms with Gasteiger partial charge in [-0.15, -0.1) is 4.37 Å². The summed E-state index contributed by atoms with van der Waals surface area (Å²) in [4.78, 5) is 0. The first-order valence-electron chi connectivity index (χ1n) is 5.61. The molecule has 0 unspecified atom stereocenters. The topological polar surface area (TPSA) is 50.1 Å². The van der Waals surface area contributed by atoms with Gasteiger partial charge < -0.3 is 10.1 Å². The summed E-state index contributed by atoms with van der Waals surface area (Å²) in [6.45, 7) is 5.69. The van der Waals surface area contributed by atoms with E-state index in [-0.39, 0.29) is 0 Å². The van der Waals surface area contributed by atoms with Crippen LogP contribution in [0.3, 0.4) is 0 Å². The van der Waals surface area contributed by atoms with E-state index in [4.69, 9.17) is 4.74 Å². The van der Waals surface area contributed by atoms with Gasteiger partial charge in [-0.05, 0) is 5.92 Å². The molecule has 2 rings (SSSR count). The SMILES string of the molecule is CC(C)COc1nsnc1C1=CNC[N+](C)=C1. The van der Waals surface area contributed by atoms with Crippen molar-refractivity contribution in [2.75, 3.05) is 20.3 Å². The van der Waals surface area contributed by atoms with Crippen LogP contribution >= 0.6 is 11.7 Å². The number of ether oxygens (including phenoxy) is 1. The molecule has 5 nitrogen and oxygen atoms in total. The van der Waals surface area contributed by atoms with Crippen LogP contribution < -0.4 is 10.1 Å². The molecular weight excluding hydrogens is 236 g/mol. The van der Waals surface area contributed by atoms with E-state index in [0.717, 1.165) is 17.9 Å². The predicted molar refractivity (Wildman–Crippen MR) is 68.5 cm³/mol. The predicted octanol–water partition coefficient (Wildman–Crippen LogP) is 1.19. The van der Waals surface area contributed by atoms with Gasteiger partial charge in [-0.25, -0.2) is 4.58 Å². The van der Waals surface area contributed by atoms with E-state index >= 15 is 0 Å². The van der Waals surface area contributed by atoms with Gasteiger partial charge in [-0.2, -0.15) is 4.37 Å². The maximum Gasteiger partial charge on any atom is 0.254 e. The number of aromatic nitrogens is 2. The number of hydrogen-bond donors (Lipinski definition) is 1. The third-order valence-electron chi connectivity index (χ3n) is 2.24. The highest BCUT2D eigenvalue weighted by atomic mass is 32.1. The molecule has 0 radical (unpaired) electrons. The first-order valence-corrected chi connectivity index (χ1v) is 6.34. The average molecular weight is 253 g/mol. The van der Waals surface area contributed by atoms with E-state index in [1.54, 1.807) is 0 Å². The standard InChI is InChI=1S/C11H16N4OS/c1-8(2)6-16-11-10(13-17-14-11)9-4-12-7-15(3)5-9/h4-5,8H,6-7H2,1-3H3/p+1. The van der Waals surface area contributed by atoms with Crippen molar-refractivity contribution >= 4 is 23.5 Å². The zero-order valence-corrected chi connectivity index (χ0v) is 11.1. The summed E-state index contributed by atoms with van der Waals surface area (Å²) in [5.74, 6) is 1.11. The van der Waals surface area contributed by atoms with Gasteiger partial charge in [0.1, 0.15) is 7.05 Å². The summed E-state index contributed by atoms with van der Waals surface area (Å²) in [5, 5.41) is 3.18. The third kappa shape index (κ3) is 3.03. The molecule has 0 fully saturated rings. The maximum atomic E-state index is 5.66. The molecule has 1 aromatic heterocycles. The molecule has 0 aliphatic carbocycles. The Kier molecular flexibility index (Phi) is 3.73. The number of allylic oxidation sites excluding steroid dienone is 1. The van der Waals surface area contributed by atoms with Crippen LogP contribution in [0.15, 0.2) is 6.20 Å². The van der Waals surface area contributed by atoms with E-state index in [9.17, 15) is 0 Å². The van der Waals surface area contributed by atoms with Crippen LogP contribution in [0.1, 0.15) is 19.5 Å². The Bertz CT molecular complexity index is 450. The fourth-order valence-corrected chi connectivity index (χ4v) is 1.97. The molecule has 92 valence electrons. The van der Waals surface area contributed by atoms with Gasteiger partial charge in [0, 0.05) is 6.20 Å². The highest BCUT2D eigenvalue weighted by Gasteiger charge is 2.18. The Labute approximate surface area is 105 Å². The molecular formula is C11H17N4OS+. The van der Waals surface area contributed by atoms with Gasteiger partial charge in [0.2, 0.25) is 6.67 Å². The van der Waals surface area contributed by atoms with Crippen molar-refractivity contribution in [3.63, 3.8) is 0 Å². The highest BCUT2D eigenvalue weighted by Crippen LogP contribution is 2.23. The molecule has 2 heterocycles. The first-order chi connectivity index (χ1) is 8.16. The molecule has 0 aromatic carbocycles. The third-order valence-corrected chi connectivity index (χ3v) is 2.75. The van der Waals surface area contributed by atoms with Gasteiger partial charge in [0.25, 0.3) is 5.88 Å². The summed E-state index contributed by atoms with van der Waals surface area (Å²) >= 11 is 1.18. The normalized spacial score (nSPS) is 15.3. The van der Waals surface area contributed by atoms with Crippen LogP contribution in [0, 0.1) is 5.92 Å². The Morgan fingerprint density at radius 3 is 3.06 bits per heavy atom. The van der Waals surface area contributed by atoms with Gasteiger partial charge in [0.15, 0.2) is 11.9 Å². The van der Waals surface area contributed by atoms with Crippen LogP contribution in [0.25, 0.3) is 5.57 Å². The summed E-state index contributed by atoms with van der Waals surface area (Å²) in [6.07, 6.45) is 3.98. The largest absolute Gasteiger partial charge is 0.475 e.